The van der Waals surface area contributed by atoms with E-state index in [1.54, 1.807) is 7.11 Å². The van der Waals surface area contributed by atoms with Crippen molar-refractivity contribution >= 4 is 0 Å². The number of hydrogen-bond acceptors (Lipinski definition) is 2. The first kappa shape index (κ1) is 14.0. The molecule has 0 aliphatic rings. The zero-order chi connectivity index (χ0) is 13.1. The lowest BCUT2D eigenvalue weighted by Gasteiger charge is -2.31. The minimum Gasteiger partial charge on any atom is -0.497 e. The number of benzene rings is 1. The molecule has 0 aromatic heterocycles. The van der Waals surface area contributed by atoms with Crippen molar-refractivity contribution in [3.05, 3.63) is 29.8 Å². The third-order valence-corrected chi connectivity index (χ3v) is 3.41. The van der Waals surface area contributed by atoms with Crippen LogP contribution in [-0.2, 0) is 0 Å². The highest BCUT2D eigenvalue weighted by atomic mass is 16.5. The van der Waals surface area contributed by atoms with Gasteiger partial charge in [0.15, 0.2) is 0 Å². The molecule has 1 aromatic rings. The normalized spacial score (nSPS) is 15.4. The molecule has 1 aromatic carbocycles. The van der Waals surface area contributed by atoms with E-state index in [4.69, 9.17) is 4.74 Å². The van der Waals surface area contributed by atoms with Crippen LogP contribution >= 0.6 is 0 Å². The van der Waals surface area contributed by atoms with Gasteiger partial charge in [-0.3, -0.25) is 0 Å². The summed E-state index contributed by atoms with van der Waals surface area (Å²) >= 11 is 0. The van der Waals surface area contributed by atoms with Crippen molar-refractivity contribution in [1.29, 1.82) is 0 Å². The topological polar surface area (TPSA) is 21.3 Å². The van der Waals surface area contributed by atoms with Crippen LogP contribution in [0.4, 0.5) is 0 Å². The molecule has 0 radical (unpaired) electrons. The van der Waals surface area contributed by atoms with E-state index in [0.717, 1.165) is 5.75 Å². The first-order valence-corrected chi connectivity index (χ1v) is 6.24. The first-order valence-electron chi connectivity index (χ1n) is 6.24. The summed E-state index contributed by atoms with van der Waals surface area (Å²) in [7, 11) is 1.69. The second-order valence-corrected chi connectivity index (χ2v) is 5.75. The van der Waals surface area contributed by atoms with Gasteiger partial charge in [0, 0.05) is 12.1 Å². The maximum absolute atomic E-state index is 5.16. The van der Waals surface area contributed by atoms with E-state index < -0.39 is 0 Å². The van der Waals surface area contributed by atoms with Crippen LogP contribution in [0.5, 0.6) is 5.75 Å². The van der Waals surface area contributed by atoms with Crippen molar-refractivity contribution in [2.75, 3.05) is 7.11 Å². The van der Waals surface area contributed by atoms with Crippen LogP contribution in [0.3, 0.4) is 0 Å². The Bertz CT molecular complexity index is 337. The van der Waals surface area contributed by atoms with Gasteiger partial charge in [-0.15, -0.1) is 0 Å². The number of methoxy groups -OCH3 is 1. The molecular weight excluding hydrogens is 210 g/mol. The van der Waals surface area contributed by atoms with Gasteiger partial charge >= 0.3 is 0 Å². The summed E-state index contributed by atoms with van der Waals surface area (Å²) in [4.78, 5) is 0. The summed E-state index contributed by atoms with van der Waals surface area (Å²) in [5, 5.41) is 3.63. The van der Waals surface area contributed by atoms with Gasteiger partial charge in [-0.2, -0.15) is 0 Å². The van der Waals surface area contributed by atoms with E-state index in [2.05, 4.69) is 52.1 Å². The Hall–Kier alpha value is -1.02. The fourth-order valence-corrected chi connectivity index (χ4v) is 1.61. The molecule has 0 spiro atoms. The average Bonchev–Trinajstić information content (AvgIpc) is 2.27. The monoisotopic (exact) mass is 235 g/mol. The number of nitrogens with one attached hydrogen (secondary N) is 1. The summed E-state index contributed by atoms with van der Waals surface area (Å²) < 4.78 is 5.16. The quantitative estimate of drug-likeness (QED) is 0.857. The van der Waals surface area contributed by atoms with Crippen LogP contribution < -0.4 is 10.1 Å². The molecule has 1 rings (SSSR count). The lowest BCUT2D eigenvalue weighted by Crippen LogP contribution is -2.39. The zero-order valence-electron chi connectivity index (χ0n) is 11.9. The van der Waals surface area contributed by atoms with E-state index in [-0.39, 0.29) is 5.41 Å². The van der Waals surface area contributed by atoms with Gasteiger partial charge < -0.3 is 10.1 Å². The van der Waals surface area contributed by atoms with E-state index >= 15 is 0 Å². The van der Waals surface area contributed by atoms with Gasteiger partial charge in [0.2, 0.25) is 0 Å². The van der Waals surface area contributed by atoms with Gasteiger partial charge in [0.1, 0.15) is 5.75 Å². The standard InChI is InChI=1S/C15H25NO/c1-11(16-12(2)15(3,4)5)13-7-9-14(17-6)10-8-13/h7-12,16H,1-6H3. The second kappa shape index (κ2) is 5.54. The molecule has 96 valence electrons. The van der Waals surface area contributed by atoms with Gasteiger partial charge in [-0.05, 0) is 37.0 Å². The smallest absolute Gasteiger partial charge is 0.118 e. The average molecular weight is 235 g/mol. The van der Waals surface area contributed by atoms with Crippen LogP contribution in [0.15, 0.2) is 24.3 Å². The van der Waals surface area contributed by atoms with Gasteiger partial charge in [0.25, 0.3) is 0 Å². The molecule has 2 atom stereocenters. The Morgan fingerprint density at radius 1 is 1.06 bits per heavy atom. The van der Waals surface area contributed by atoms with Crippen molar-refractivity contribution < 1.29 is 4.74 Å². The van der Waals surface area contributed by atoms with Crippen molar-refractivity contribution in [2.45, 2.75) is 46.7 Å². The summed E-state index contributed by atoms with van der Waals surface area (Å²) in [5.41, 5.74) is 1.57. The lowest BCUT2D eigenvalue weighted by molar-refractivity contribution is 0.268. The van der Waals surface area contributed by atoms with Crippen LogP contribution in [0.1, 0.15) is 46.2 Å². The maximum Gasteiger partial charge on any atom is 0.118 e. The molecule has 0 fully saturated rings. The predicted molar refractivity (Wildman–Crippen MR) is 73.5 cm³/mol. The minimum absolute atomic E-state index is 0.279. The fourth-order valence-electron chi connectivity index (χ4n) is 1.61. The van der Waals surface area contributed by atoms with Crippen LogP contribution in [0, 0.1) is 5.41 Å². The number of rotatable bonds is 4. The van der Waals surface area contributed by atoms with Crippen molar-refractivity contribution in [3.63, 3.8) is 0 Å². The fraction of sp³-hybridized carbons (Fsp3) is 0.600. The summed E-state index contributed by atoms with van der Waals surface area (Å²) in [6, 6.07) is 9.08. The molecule has 2 unspecified atom stereocenters. The van der Waals surface area contributed by atoms with Crippen LogP contribution in [0.25, 0.3) is 0 Å². The van der Waals surface area contributed by atoms with E-state index in [1.165, 1.54) is 5.56 Å². The van der Waals surface area contributed by atoms with E-state index in [1.807, 2.05) is 12.1 Å². The van der Waals surface area contributed by atoms with Gasteiger partial charge in [-0.25, -0.2) is 0 Å². The summed E-state index contributed by atoms with van der Waals surface area (Å²) in [5.74, 6) is 0.907. The molecule has 0 amide bonds. The second-order valence-electron chi connectivity index (χ2n) is 5.75. The lowest BCUT2D eigenvalue weighted by atomic mass is 9.87. The van der Waals surface area contributed by atoms with E-state index in [9.17, 15) is 0 Å². The Labute approximate surface area is 105 Å². The largest absolute Gasteiger partial charge is 0.497 e. The van der Waals surface area contributed by atoms with E-state index in [0.29, 0.717) is 12.1 Å². The molecule has 2 nitrogen and oxygen atoms in total. The molecule has 2 heteroatoms. The molecule has 17 heavy (non-hydrogen) atoms. The molecule has 0 heterocycles. The highest BCUT2D eigenvalue weighted by Gasteiger charge is 2.21. The van der Waals surface area contributed by atoms with Gasteiger partial charge in [0.05, 0.1) is 7.11 Å². The van der Waals surface area contributed by atoms with Crippen molar-refractivity contribution in [2.24, 2.45) is 5.41 Å². The van der Waals surface area contributed by atoms with Crippen LogP contribution in [0.2, 0.25) is 0 Å². The first-order chi connectivity index (χ1) is 7.84. The molecule has 0 aliphatic carbocycles. The Morgan fingerprint density at radius 3 is 2.00 bits per heavy atom. The Balaban J connectivity index is 2.66. The Kier molecular flexibility index (Phi) is 4.58. The number of hydrogen-bond donors (Lipinski definition) is 1. The highest BCUT2D eigenvalue weighted by Crippen LogP contribution is 2.23. The SMILES string of the molecule is COc1ccc(C(C)NC(C)C(C)(C)C)cc1. The molecule has 0 bridgehead atoms. The predicted octanol–water partition coefficient (Wildman–Crippen LogP) is 3.78. The molecule has 0 saturated carbocycles. The van der Waals surface area contributed by atoms with Crippen molar-refractivity contribution in [1.82, 2.24) is 5.32 Å². The molecule has 0 saturated heterocycles. The third kappa shape index (κ3) is 4.04. The molecule has 1 N–H and O–H groups in total. The van der Waals surface area contributed by atoms with Crippen LogP contribution in [-0.4, -0.2) is 13.2 Å². The minimum atomic E-state index is 0.279. The van der Waals surface area contributed by atoms with Crippen molar-refractivity contribution in [3.8, 4) is 5.75 Å². The summed E-state index contributed by atoms with van der Waals surface area (Å²) in [6.07, 6.45) is 0. The summed E-state index contributed by atoms with van der Waals surface area (Å²) in [6.45, 7) is 11.2. The highest BCUT2D eigenvalue weighted by molar-refractivity contribution is 5.28. The van der Waals surface area contributed by atoms with Gasteiger partial charge in [-0.1, -0.05) is 32.9 Å². The third-order valence-electron chi connectivity index (χ3n) is 3.41. The number of ether oxygens (including phenoxy) is 1. The molecular formula is C15H25NO. The maximum atomic E-state index is 5.16. The zero-order valence-corrected chi connectivity index (χ0v) is 11.9. The Morgan fingerprint density at radius 2 is 1.59 bits per heavy atom. The molecule has 0 aliphatic heterocycles.